The molecule has 6 nitrogen and oxygen atoms in total. The molecular weight excluding hydrogens is 214 g/mol. The van der Waals surface area contributed by atoms with Gasteiger partial charge in [-0.1, -0.05) is 0 Å². The number of benzene rings is 1. The zero-order valence-corrected chi connectivity index (χ0v) is 8.22. The number of carbonyl (C=O) groups is 2. The van der Waals surface area contributed by atoms with Crippen LogP contribution in [0.4, 0.5) is 0 Å². The van der Waals surface area contributed by atoms with Crippen molar-refractivity contribution in [3.63, 3.8) is 0 Å². The van der Waals surface area contributed by atoms with Crippen LogP contribution in [0, 0.1) is 11.3 Å². The van der Waals surface area contributed by atoms with Crippen LogP contribution in [0.5, 0.6) is 11.5 Å². The van der Waals surface area contributed by atoms with Crippen LogP contribution in [0.1, 0.15) is 15.9 Å². The Balaban J connectivity index is 3.38. The second kappa shape index (κ2) is 4.31. The third-order valence-corrected chi connectivity index (χ3v) is 1.85. The minimum Gasteiger partial charge on any atom is -0.504 e. The summed E-state index contributed by atoms with van der Waals surface area (Å²) in [4.78, 5) is 21.5. The van der Waals surface area contributed by atoms with Gasteiger partial charge < -0.3 is 14.9 Å². The molecule has 2 N–H and O–H groups in total. The quantitative estimate of drug-likeness (QED) is 0.569. The maximum atomic E-state index is 11.1. The summed E-state index contributed by atoms with van der Waals surface area (Å²) in [6.07, 6.45) is 0. The lowest BCUT2D eigenvalue weighted by molar-refractivity contribution is -0.131. The van der Waals surface area contributed by atoms with Crippen molar-refractivity contribution in [1.29, 1.82) is 5.26 Å². The van der Waals surface area contributed by atoms with Gasteiger partial charge in [-0.25, -0.2) is 4.79 Å². The van der Waals surface area contributed by atoms with Crippen LogP contribution in [-0.2, 0) is 4.79 Å². The monoisotopic (exact) mass is 221 g/mol. The summed E-state index contributed by atoms with van der Waals surface area (Å²) in [5, 5.41) is 26.6. The number of carbonyl (C=O) groups excluding carboxylic acids is 1. The summed E-state index contributed by atoms with van der Waals surface area (Å²) in [6, 6.07) is 3.68. The lowest BCUT2D eigenvalue weighted by Crippen LogP contribution is -2.12. The molecule has 0 atom stereocenters. The van der Waals surface area contributed by atoms with Crippen molar-refractivity contribution < 1.29 is 24.5 Å². The highest BCUT2D eigenvalue weighted by molar-refractivity contribution is 6.40. The number of aliphatic carboxylic acids is 1. The summed E-state index contributed by atoms with van der Waals surface area (Å²) in [5.41, 5.74) is -0.380. The van der Waals surface area contributed by atoms with Crippen molar-refractivity contribution in [3.8, 4) is 17.6 Å². The highest BCUT2D eigenvalue weighted by Gasteiger charge is 2.19. The zero-order valence-electron chi connectivity index (χ0n) is 8.22. The zero-order chi connectivity index (χ0) is 12.3. The van der Waals surface area contributed by atoms with Gasteiger partial charge in [-0.05, 0) is 12.1 Å². The van der Waals surface area contributed by atoms with Gasteiger partial charge in [0.15, 0.2) is 11.5 Å². The lowest BCUT2D eigenvalue weighted by Gasteiger charge is -2.06. The van der Waals surface area contributed by atoms with Crippen LogP contribution in [0.25, 0.3) is 0 Å². The van der Waals surface area contributed by atoms with E-state index >= 15 is 0 Å². The first kappa shape index (κ1) is 11.5. The molecule has 0 fully saturated rings. The molecule has 6 heteroatoms. The van der Waals surface area contributed by atoms with Crippen LogP contribution in [0.15, 0.2) is 12.1 Å². The number of Topliss-reactive ketones (excluding diaryl/α,β-unsaturated/α-hetero) is 1. The molecule has 1 aromatic carbocycles. The number of carboxylic acids is 1. The van der Waals surface area contributed by atoms with Crippen LogP contribution >= 0.6 is 0 Å². The van der Waals surface area contributed by atoms with Gasteiger partial charge in [0.1, 0.15) is 6.07 Å². The van der Waals surface area contributed by atoms with E-state index in [0.29, 0.717) is 0 Å². The maximum Gasteiger partial charge on any atom is 0.377 e. The molecule has 0 amide bonds. The number of ketones is 1. The lowest BCUT2D eigenvalue weighted by atomic mass is 10.1. The van der Waals surface area contributed by atoms with Gasteiger partial charge in [0.05, 0.1) is 12.7 Å². The Morgan fingerprint density at radius 2 is 2.06 bits per heavy atom. The second-order valence-corrected chi connectivity index (χ2v) is 2.82. The maximum absolute atomic E-state index is 11.1. The number of phenols is 1. The predicted molar refractivity (Wildman–Crippen MR) is 51.3 cm³/mol. The molecule has 0 unspecified atom stereocenters. The first-order chi connectivity index (χ1) is 7.51. The molecule has 1 rings (SSSR count). The number of carboxylic acid groups (broad SMARTS) is 1. The van der Waals surface area contributed by atoms with Crippen LogP contribution in [0.3, 0.4) is 0 Å². The highest BCUT2D eigenvalue weighted by Crippen LogP contribution is 2.31. The van der Waals surface area contributed by atoms with Crippen LogP contribution in [-0.4, -0.2) is 29.1 Å². The number of aromatic hydroxyl groups is 1. The van der Waals surface area contributed by atoms with Gasteiger partial charge in [0, 0.05) is 5.56 Å². The SMILES string of the molecule is COc1c(O)cc(C(=O)C(=O)O)cc1C#N. The van der Waals surface area contributed by atoms with Gasteiger partial charge in [-0.2, -0.15) is 5.26 Å². The molecule has 16 heavy (non-hydrogen) atoms. The fraction of sp³-hybridized carbons (Fsp3) is 0.100. The Hall–Kier alpha value is -2.55. The normalized spacial score (nSPS) is 9.25. The third kappa shape index (κ3) is 1.93. The average Bonchev–Trinajstić information content (AvgIpc) is 2.26. The summed E-state index contributed by atoms with van der Waals surface area (Å²) in [6.45, 7) is 0. The number of methoxy groups -OCH3 is 1. The molecule has 0 radical (unpaired) electrons. The number of nitriles is 1. The van der Waals surface area contributed by atoms with Crippen LogP contribution < -0.4 is 4.74 Å². The van der Waals surface area contributed by atoms with Gasteiger partial charge >= 0.3 is 5.97 Å². The molecule has 0 aliphatic heterocycles. The third-order valence-electron chi connectivity index (χ3n) is 1.85. The van der Waals surface area contributed by atoms with Crippen molar-refractivity contribution in [1.82, 2.24) is 0 Å². The number of ether oxygens (including phenoxy) is 1. The van der Waals surface area contributed by atoms with Gasteiger partial charge in [-0.3, -0.25) is 4.79 Å². The summed E-state index contributed by atoms with van der Waals surface area (Å²) < 4.78 is 4.73. The van der Waals surface area contributed by atoms with Gasteiger partial charge in [-0.15, -0.1) is 0 Å². The van der Waals surface area contributed by atoms with E-state index < -0.39 is 17.5 Å². The Morgan fingerprint density at radius 3 is 2.50 bits per heavy atom. The van der Waals surface area contributed by atoms with Crippen molar-refractivity contribution >= 4 is 11.8 Å². The van der Waals surface area contributed by atoms with Crippen LogP contribution in [0.2, 0.25) is 0 Å². The van der Waals surface area contributed by atoms with Crippen molar-refractivity contribution in [3.05, 3.63) is 23.3 Å². The molecule has 0 aliphatic rings. The molecule has 0 aliphatic carbocycles. The first-order valence-electron chi connectivity index (χ1n) is 4.10. The molecule has 0 saturated carbocycles. The number of hydrogen-bond donors (Lipinski definition) is 2. The van der Waals surface area contributed by atoms with E-state index in [2.05, 4.69) is 0 Å². The fourth-order valence-electron chi connectivity index (χ4n) is 1.17. The predicted octanol–water partition coefficient (Wildman–Crippen LogP) is 0.540. The summed E-state index contributed by atoms with van der Waals surface area (Å²) in [5.74, 6) is -3.40. The Labute approximate surface area is 90.3 Å². The smallest absolute Gasteiger partial charge is 0.377 e. The summed E-state index contributed by atoms with van der Waals surface area (Å²) in [7, 11) is 1.24. The molecule has 0 aromatic heterocycles. The number of nitrogens with zero attached hydrogens (tertiary/aromatic N) is 1. The molecule has 0 saturated heterocycles. The van der Waals surface area contributed by atoms with E-state index in [1.807, 2.05) is 0 Å². The second-order valence-electron chi connectivity index (χ2n) is 2.82. The minimum atomic E-state index is -1.66. The fourth-order valence-corrected chi connectivity index (χ4v) is 1.17. The van der Waals surface area contributed by atoms with Gasteiger partial charge in [0.2, 0.25) is 0 Å². The molecule has 0 bridgehead atoms. The Morgan fingerprint density at radius 1 is 1.44 bits per heavy atom. The van der Waals surface area contributed by atoms with E-state index in [4.69, 9.17) is 15.1 Å². The van der Waals surface area contributed by atoms with E-state index in [1.54, 1.807) is 6.07 Å². The summed E-state index contributed by atoms with van der Waals surface area (Å²) >= 11 is 0. The van der Waals surface area contributed by atoms with Crippen molar-refractivity contribution in [2.24, 2.45) is 0 Å². The minimum absolute atomic E-state index is 0.0931. The molecular formula is C10H7NO5. The standard InChI is InChI=1S/C10H7NO5/c1-16-9-6(4-11)2-5(3-7(9)12)8(13)10(14)15/h2-3,12H,1H3,(H,14,15). The Bertz CT molecular complexity index is 501. The number of hydrogen-bond acceptors (Lipinski definition) is 5. The molecule has 82 valence electrons. The molecule has 0 spiro atoms. The number of phenolic OH excluding ortho intramolecular Hbond substituents is 1. The van der Waals surface area contributed by atoms with E-state index in [9.17, 15) is 14.7 Å². The van der Waals surface area contributed by atoms with E-state index in [0.717, 1.165) is 12.1 Å². The van der Waals surface area contributed by atoms with Crippen molar-refractivity contribution in [2.75, 3.05) is 7.11 Å². The Kier molecular flexibility index (Phi) is 3.11. The van der Waals surface area contributed by atoms with E-state index in [-0.39, 0.29) is 16.9 Å². The van der Waals surface area contributed by atoms with E-state index in [1.165, 1.54) is 7.11 Å². The average molecular weight is 221 g/mol. The number of rotatable bonds is 3. The van der Waals surface area contributed by atoms with Crippen molar-refractivity contribution in [2.45, 2.75) is 0 Å². The first-order valence-corrected chi connectivity index (χ1v) is 4.10. The van der Waals surface area contributed by atoms with Gasteiger partial charge in [0.25, 0.3) is 5.78 Å². The molecule has 1 aromatic rings. The topological polar surface area (TPSA) is 108 Å². The molecule has 0 heterocycles. The highest BCUT2D eigenvalue weighted by atomic mass is 16.5. The largest absolute Gasteiger partial charge is 0.504 e.